The fourth-order valence-corrected chi connectivity index (χ4v) is 1.58. The summed E-state index contributed by atoms with van der Waals surface area (Å²) in [6.07, 6.45) is 2.51. The van der Waals surface area contributed by atoms with Gasteiger partial charge in [0.25, 0.3) is 0 Å². The number of hydrogen-bond donors (Lipinski definition) is 3. The molecule has 4 N–H and O–H groups in total. The molecule has 90 valence electrons. The molecule has 1 unspecified atom stereocenters. The van der Waals surface area contributed by atoms with Gasteiger partial charge in [0.1, 0.15) is 0 Å². The van der Waals surface area contributed by atoms with Crippen LogP contribution in [-0.4, -0.2) is 28.8 Å². The maximum absolute atomic E-state index is 11.4. The van der Waals surface area contributed by atoms with Gasteiger partial charge in [-0.25, -0.2) is 0 Å². The van der Waals surface area contributed by atoms with Gasteiger partial charge in [-0.05, 0) is 37.2 Å². The number of nitrogens with one attached hydrogen (secondary N) is 1. The van der Waals surface area contributed by atoms with E-state index in [0.717, 1.165) is 31.3 Å². The molecule has 0 aromatic heterocycles. The van der Waals surface area contributed by atoms with Crippen LogP contribution >= 0.6 is 12.0 Å². The smallest absolute Gasteiger partial charge is 0.236 e. The molecule has 1 amide bonds. The summed E-state index contributed by atoms with van der Waals surface area (Å²) in [5, 5.41) is 2.79. The third kappa shape index (κ3) is 8.72. The number of amides is 1. The molecule has 0 radical (unpaired) electrons. The summed E-state index contributed by atoms with van der Waals surface area (Å²) in [5.74, 6) is 1.09. The minimum atomic E-state index is -0.391. The first-order valence-electron chi connectivity index (χ1n) is 5.37. The fourth-order valence-electron chi connectivity index (χ4n) is 1.25. The van der Waals surface area contributed by atoms with Crippen LogP contribution in [0.15, 0.2) is 0 Å². The quantitative estimate of drug-likeness (QED) is 0.439. The number of carbonyl (C=O) groups is 1. The molecule has 0 saturated heterocycles. The molecule has 5 heteroatoms. The van der Waals surface area contributed by atoms with E-state index in [-0.39, 0.29) is 5.91 Å². The lowest BCUT2D eigenvalue weighted by Gasteiger charge is -2.13. The van der Waals surface area contributed by atoms with Crippen LogP contribution in [0.25, 0.3) is 0 Å². The minimum Gasteiger partial charge on any atom is -0.355 e. The zero-order valence-corrected chi connectivity index (χ0v) is 10.3. The third-order valence-corrected chi connectivity index (χ3v) is 2.49. The van der Waals surface area contributed by atoms with Crippen LogP contribution in [0.5, 0.6) is 0 Å². The second-order valence-electron chi connectivity index (χ2n) is 4.07. The van der Waals surface area contributed by atoms with Gasteiger partial charge >= 0.3 is 0 Å². The van der Waals surface area contributed by atoms with Gasteiger partial charge in [0.2, 0.25) is 5.91 Å². The van der Waals surface area contributed by atoms with Crippen molar-refractivity contribution in [3.63, 3.8) is 0 Å². The highest BCUT2D eigenvalue weighted by atomic mass is 32.2. The molecule has 15 heavy (non-hydrogen) atoms. The second kappa shape index (κ2) is 9.00. The molecule has 0 aliphatic carbocycles. The lowest BCUT2D eigenvalue weighted by Crippen LogP contribution is -2.41. The summed E-state index contributed by atoms with van der Waals surface area (Å²) in [5.41, 5.74) is 5.70. The van der Waals surface area contributed by atoms with Crippen LogP contribution in [0.4, 0.5) is 0 Å². The molecule has 4 nitrogen and oxygen atoms in total. The molecule has 0 aliphatic heterocycles. The van der Waals surface area contributed by atoms with Crippen molar-refractivity contribution in [3.05, 3.63) is 0 Å². The molecule has 0 saturated carbocycles. The van der Waals surface area contributed by atoms with Crippen LogP contribution in [0.2, 0.25) is 0 Å². The highest BCUT2D eigenvalue weighted by Crippen LogP contribution is 2.02. The number of unbranched alkanes of at least 4 members (excludes halogenated alkanes) is 1. The van der Waals surface area contributed by atoms with Gasteiger partial charge in [-0.1, -0.05) is 13.8 Å². The van der Waals surface area contributed by atoms with Crippen LogP contribution < -0.4 is 11.1 Å². The Morgan fingerprint density at radius 2 is 2.13 bits per heavy atom. The average molecular weight is 234 g/mol. The van der Waals surface area contributed by atoms with Crippen molar-refractivity contribution in [2.45, 2.75) is 39.2 Å². The van der Waals surface area contributed by atoms with Crippen LogP contribution in [0, 0.1) is 5.92 Å². The summed E-state index contributed by atoms with van der Waals surface area (Å²) in [4.78, 5) is 11.4. The van der Waals surface area contributed by atoms with Crippen molar-refractivity contribution in [2.75, 3.05) is 12.3 Å². The van der Waals surface area contributed by atoms with E-state index < -0.39 is 6.04 Å². The lowest BCUT2D eigenvalue weighted by molar-refractivity contribution is -0.122. The van der Waals surface area contributed by atoms with Gasteiger partial charge in [-0.2, -0.15) is 0 Å². The highest BCUT2D eigenvalue weighted by molar-refractivity contribution is 7.93. The van der Waals surface area contributed by atoms with Gasteiger partial charge in [-0.3, -0.25) is 4.79 Å². The molecule has 0 aliphatic rings. The van der Waals surface area contributed by atoms with Crippen LogP contribution in [-0.2, 0) is 4.79 Å². The molecule has 0 spiro atoms. The van der Waals surface area contributed by atoms with E-state index in [2.05, 4.69) is 5.32 Å². The second-order valence-corrected chi connectivity index (χ2v) is 4.73. The van der Waals surface area contributed by atoms with Crippen LogP contribution in [0.1, 0.15) is 33.1 Å². The molecule has 0 rings (SSSR count). The first kappa shape index (κ1) is 14.7. The zero-order valence-electron chi connectivity index (χ0n) is 9.53. The van der Waals surface area contributed by atoms with Crippen molar-refractivity contribution in [1.29, 1.82) is 0 Å². The summed E-state index contributed by atoms with van der Waals surface area (Å²) in [6, 6.07) is -0.391. The van der Waals surface area contributed by atoms with E-state index in [4.69, 9.17) is 10.3 Å². The van der Waals surface area contributed by atoms with E-state index in [1.807, 2.05) is 13.8 Å². The number of rotatable bonds is 8. The molecule has 0 bridgehead atoms. The van der Waals surface area contributed by atoms with Gasteiger partial charge in [0.05, 0.1) is 6.04 Å². The Balaban J connectivity index is 3.47. The minimum absolute atomic E-state index is 0.0691. The molecule has 0 aromatic rings. The van der Waals surface area contributed by atoms with E-state index >= 15 is 0 Å². The molecule has 1 atom stereocenters. The Labute approximate surface area is 96.2 Å². The largest absolute Gasteiger partial charge is 0.355 e. The summed E-state index contributed by atoms with van der Waals surface area (Å²) in [6.45, 7) is 4.74. The first-order chi connectivity index (χ1) is 7.07. The fraction of sp³-hybridized carbons (Fsp3) is 0.900. The third-order valence-electron chi connectivity index (χ3n) is 2.02. The van der Waals surface area contributed by atoms with Crippen molar-refractivity contribution >= 4 is 17.9 Å². The molecule has 0 aromatic carbocycles. The Morgan fingerprint density at radius 3 is 2.67 bits per heavy atom. The number of hydrogen-bond acceptors (Lipinski definition) is 4. The highest BCUT2D eigenvalue weighted by Gasteiger charge is 2.13. The van der Waals surface area contributed by atoms with Gasteiger partial charge in [-0.15, -0.1) is 0 Å². The van der Waals surface area contributed by atoms with E-state index in [0.29, 0.717) is 18.2 Å². The maximum atomic E-state index is 11.4. The molecule has 0 fully saturated rings. The molecular formula is C10H22N2O2S. The Bertz CT molecular complexity index is 177. The van der Waals surface area contributed by atoms with Crippen molar-refractivity contribution in [2.24, 2.45) is 11.7 Å². The monoisotopic (exact) mass is 234 g/mol. The predicted octanol–water partition coefficient (Wildman–Crippen LogP) is 1.46. The maximum Gasteiger partial charge on any atom is 0.236 e. The normalized spacial score (nSPS) is 12.9. The van der Waals surface area contributed by atoms with E-state index in [1.54, 1.807) is 0 Å². The standard InChI is InChI=1S/C10H22N2O2S/c1-8(2)7-9(11)10(13)12-5-3-4-6-15-14/h8-9,14H,3-7,11H2,1-2H3,(H,12,13). The summed E-state index contributed by atoms with van der Waals surface area (Å²) < 4.78 is 8.47. The van der Waals surface area contributed by atoms with Crippen molar-refractivity contribution in [3.8, 4) is 0 Å². The number of carbonyl (C=O) groups excluding carboxylic acids is 1. The first-order valence-corrected chi connectivity index (χ1v) is 6.31. The Hall–Kier alpha value is -0.260. The Morgan fingerprint density at radius 1 is 1.47 bits per heavy atom. The van der Waals surface area contributed by atoms with Gasteiger partial charge in [0.15, 0.2) is 0 Å². The Kier molecular flexibility index (Phi) is 8.85. The molecular weight excluding hydrogens is 212 g/mol. The topological polar surface area (TPSA) is 75.4 Å². The number of nitrogens with two attached hydrogens (primary N) is 1. The SMILES string of the molecule is CC(C)CC(N)C(=O)NCCCCSO. The van der Waals surface area contributed by atoms with Crippen molar-refractivity contribution in [1.82, 2.24) is 5.32 Å². The summed E-state index contributed by atoms with van der Waals surface area (Å²) >= 11 is 0.838. The predicted molar refractivity (Wildman–Crippen MR) is 64.8 cm³/mol. The van der Waals surface area contributed by atoms with E-state index in [9.17, 15) is 4.79 Å². The molecule has 0 heterocycles. The lowest BCUT2D eigenvalue weighted by atomic mass is 10.0. The van der Waals surface area contributed by atoms with Gasteiger partial charge < -0.3 is 15.6 Å². The van der Waals surface area contributed by atoms with Crippen molar-refractivity contribution < 1.29 is 9.35 Å². The average Bonchev–Trinajstić information content (AvgIpc) is 2.16. The van der Waals surface area contributed by atoms with E-state index in [1.165, 1.54) is 0 Å². The van der Waals surface area contributed by atoms with Gasteiger partial charge in [0, 0.05) is 12.3 Å². The summed E-state index contributed by atoms with van der Waals surface area (Å²) in [7, 11) is 0. The van der Waals surface area contributed by atoms with Crippen LogP contribution in [0.3, 0.4) is 0 Å². The zero-order chi connectivity index (χ0) is 11.7.